The summed E-state index contributed by atoms with van der Waals surface area (Å²) in [5.41, 5.74) is 5.83. The lowest BCUT2D eigenvalue weighted by Gasteiger charge is -2.47. The van der Waals surface area contributed by atoms with Crippen molar-refractivity contribution in [3.8, 4) is 0 Å². The summed E-state index contributed by atoms with van der Waals surface area (Å²) < 4.78 is 42.5. The van der Waals surface area contributed by atoms with Crippen LogP contribution in [0.15, 0.2) is 15.0 Å². The van der Waals surface area contributed by atoms with E-state index in [9.17, 15) is 37.5 Å². The Labute approximate surface area is 236 Å². The maximum atomic E-state index is 13.1. The Kier molecular flexibility index (Phi) is 7.80. The number of thioether (sulfide) groups is 1. The number of aliphatic carboxylic acids is 1. The number of nitrogens with one attached hydrogen (secondary N) is 2. The van der Waals surface area contributed by atoms with E-state index in [-0.39, 0.29) is 28.8 Å². The smallest absolute Gasteiger partial charge is 0.470 e. The lowest BCUT2D eigenvalue weighted by atomic mass is 9.78. The molecule has 13 nitrogen and oxygen atoms in total. The van der Waals surface area contributed by atoms with Gasteiger partial charge >= 0.3 is 18.0 Å². The number of fused-ring (bicyclic) bond motifs is 1. The van der Waals surface area contributed by atoms with Crippen LogP contribution in [0.25, 0.3) is 0 Å². The number of likely N-dealkylation sites (tertiary alicyclic amines) is 1. The van der Waals surface area contributed by atoms with Gasteiger partial charge in [0.05, 0.1) is 18.0 Å². The van der Waals surface area contributed by atoms with Crippen LogP contribution in [0.2, 0.25) is 0 Å². The number of rotatable bonds is 8. The molecular formula is C24H30F3N7O6S. The first-order valence-electron chi connectivity index (χ1n) is 13.2. The third-order valence-corrected chi connectivity index (χ3v) is 9.47. The number of halogens is 3. The number of carbonyl (C=O) groups is 4. The third-order valence-electron chi connectivity index (χ3n) is 7.96. The molecule has 5 N–H and O–H groups in total. The molecule has 0 unspecified atom stereocenters. The van der Waals surface area contributed by atoms with Crippen LogP contribution in [0.1, 0.15) is 38.5 Å². The van der Waals surface area contributed by atoms with E-state index < -0.39 is 66.2 Å². The molecule has 0 radical (unpaired) electrons. The van der Waals surface area contributed by atoms with Crippen LogP contribution in [-0.4, -0.2) is 97.8 Å². The largest absolute Gasteiger partial charge is 0.477 e. The molecule has 3 amide bonds. The summed E-state index contributed by atoms with van der Waals surface area (Å²) in [7, 11) is 0. The number of amides is 3. The van der Waals surface area contributed by atoms with E-state index in [2.05, 4.69) is 25.2 Å². The number of carboxylic acid groups (broad SMARTS) is 1. The van der Waals surface area contributed by atoms with Crippen LogP contribution in [-0.2, 0) is 31.8 Å². The normalized spacial score (nSPS) is 30.4. The topological polar surface area (TPSA) is 184 Å². The van der Waals surface area contributed by atoms with Crippen LogP contribution in [0, 0.1) is 11.8 Å². The number of hydrogen-bond donors (Lipinski definition) is 4. The Morgan fingerprint density at radius 1 is 1.32 bits per heavy atom. The average molecular weight is 602 g/mol. The molecule has 3 fully saturated rings. The van der Waals surface area contributed by atoms with Crippen molar-refractivity contribution in [3.05, 3.63) is 22.4 Å². The summed E-state index contributed by atoms with van der Waals surface area (Å²) in [6, 6.07) is -1.69. The molecule has 0 aromatic carbocycles. The summed E-state index contributed by atoms with van der Waals surface area (Å²) in [5.74, 6) is -5.65. The standard InChI is InChI=1S/C24H30F3N7O6S/c1-9-17-16(10(2)30-14(35)6-15-31-32-23(40-15)24(25,26)27)21(37)34(17)18(22(38)39)19(9)41-12-5-13(29-7-12)20(36)33-4-3-11(28)8-33/h9-13,16-17,29H,3-8,28H2,1-2H3,(H,30,35)(H,38,39)/t9-,10-,11-,12+,13+,16-,17-/m1/s1. The van der Waals surface area contributed by atoms with Gasteiger partial charge in [-0.25, -0.2) is 4.79 Å². The molecule has 1 aromatic rings. The molecule has 0 spiro atoms. The van der Waals surface area contributed by atoms with E-state index in [1.807, 2.05) is 6.92 Å². The fraction of sp³-hybridized carbons (Fsp3) is 0.667. The van der Waals surface area contributed by atoms with Crippen molar-refractivity contribution in [2.45, 2.75) is 68.7 Å². The van der Waals surface area contributed by atoms with Gasteiger partial charge in [0.2, 0.25) is 23.6 Å². The highest BCUT2D eigenvalue weighted by Gasteiger charge is 2.60. The first-order chi connectivity index (χ1) is 19.3. The molecule has 17 heteroatoms. The zero-order valence-electron chi connectivity index (χ0n) is 22.2. The van der Waals surface area contributed by atoms with Crippen molar-refractivity contribution in [1.29, 1.82) is 0 Å². The Morgan fingerprint density at radius 3 is 2.66 bits per heavy atom. The predicted molar refractivity (Wildman–Crippen MR) is 136 cm³/mol. The highest BCUT2D eigenvalue weighted by atomic mass is 32.2. The van der Waals surface area contributed by atoms with Crippen molar-refractivity contribution in [3.63, 3.8) is 0 Å². The SMILES string of the molecule is C[C@@H](NC(=O)Cc1nnc(C(F)(F)F)o1)[C@H]1C(=O)N2C(C(=O)O)=C(S[C@@H]3CN[C@H](C(=O)N4CC[C@@H](N)C4)C3)[C@H](C)[C@H]12. The van der Waals surface area contributed by atoms with Crippen molar-refractivity contribution in [2.75, 3.05) is 19.6 Å². The summed E-state index contributed by atoms with van der Waals surface area (Å²) in [6.07, 6.45) is -4.20. The molecule has 5 heterocycles. The Hall–Kier alpha value is -3.18. The lowest BCUT2D eigenvalue weighted by Crippen LogP contribution is -2.66. The highest BCUT2D eigenvalue weighted by Crippen LogP contribution is 2.52. The summed E-state index contributed by atoms with van der Waals surface area (Å²) in [6.45, 7) is 5.01. The van der Waals surface area contributed by atoms with Gasteiger partial charge in [-0.05, 0) is 19.8 Å². The van der Waals surface area contributed by atoms with Gasteiger partial charge in [-0.1, -0.05) is 6.92 Å². The number of aromatic nitrogens is 2. The second kappa shape index (κ2) is 10.9. The van der Waals surface area contributed by atoms with Crippen LogP contribution in [0.5, 0.6) is 0 Å². The maximum absolute atomic E-state index is 13.1. The number of carbonyl (C=O) groups excluding carboxylic acids is 3. The number of carboxylic acids is 1. The van der Waals surface area contributed by atoms with E-state index in [0.717, 1.165) is 6.42 Å². The number of β-lactam (4-membered cyclic amide) rings is 1. The predicted octanol–water partition coefficient (Wildman–Crippen LogP) is -0.0682. The van der Waals surface area contributed by atoms with Crippen LogP contribution >= 0.6 is 11.8 Å². The van der Waals surface area contributed by atoms with Gasteiger partial charge in [-0.3, -0.25) is 14.4 Å². The van der Waals surface area contributed by atoms with Crippen molar-refractivity contribution in [1.82, 2.24) is 30.6 Å². The second-order valence-electron chi connectivity index (χ2n) is 10.8. The number of hydrogen-bond acceptors (Lipinski definition) is 10. The van der Waals surface area contributed by atoms with Crippen LogP contribution in [0.3, 0.4) is 0 Å². The zero-order valence-corrected chi connectivity index (χ0v) is 23.0. The molecule has 4 aliphatic heterocycles. The quantitative estimate of drug-likeness (QED) is 0.293. The van der Waals surface area contributed by atoms with E-state index >= 15 is 0 Å². The fourth-order valence-electron chi connectivity index (χ4n) is 6.04. The van der Waals surface area contributed by atoms with Crippen molar-refractivity contribution < 1.29 is 41.9 Å². The summed E-state index contributed by atoms with van der Waals surface area (Å²) >= 11 is 1.35. The lowest BCUT2D eigenvalue weighted by molar-refractivity contribution is -0.159. The van der Waals surface area contributed by atoms with E-state index in [0.29, 0.717) is 31.0 Å². The first-order valence-corrected chi connectivity index (χ1v) is 14.1. The summed E-state index contributed by atoms with van der Waals surface area (Å²) in [5, 5.41) is 21.8. The van der Waals surface area contributed by atoms with Gasteiger partial charge in [0, 0.05) is 47.8 Å². The molecule has 224 valence electrons. The highest BCUT2D eigenvalue weighted by molar-refractivity contribution is 8.03. The van der Waals surface area contributed by atoms with E-state index in [4.69, 9.17) is 5.73 Å². The molecule has 0 saturated carbocycles. The average Bonchev–Trinajstić information content (AvgIpc) is 3.66. The van der Waals surface area contributed by atoms with Gasteiger partial charge in [0.1, 0.15) is 12.1 Å². The van der Waals surface area contributed by atoms with Crippen LogP contribution in [0.4, 0.5) is 13.2 Å². The first kappa shape index (κ1) is 29.3. The minimum absolute atomic E-state index is 0.0215. The van der Waals surface area contributed by atoms with Crippen molar-refractivity contribution >= 4 is 35.5 Å². The molecule has 1 aromatic heterocycles. The van der Waals surface area contributed by atoms with Crippen LogP contribution < -0.4 is 16.4 Å². The van der Waals surface area contributed by atoms with Gasteiger partial charge in [-0.2, -0.15) is 13.2 Å². The number of nitrogens with two attached hydrogens (primary N) is 1. The third kappa shape index (κ3) is 5.53. The Bertz CT molecular complexity index is 1290. The van der Waals surface area contributed by atoms with E-state index in [1.54, 1.807) is 11.8 Å². The minimum atomic E-state index is -4.84. The Morgan fingerprint density at radius 2 is 2.05 bits per heavy atom. The molecule has 41 heavy (non-hydrogen) atoms. The molecular weight excluding hydrogens is 571 g/mol. The van der Waals surface area contributed by atoms with Gasteiger partial charge in [-0.15, -0.1) is 22.0 Å². The monoisotopic (exact) mass is 601 g/mol. The zero-order chi connectivity index (χ0) is 29.8. The number of alkyl halides is 3. The van der Waals surface area contributed by atoms with Crippen molar-refractivity contribution in [2.24, 2.45) is 17.6 Å². The molecule has 7 atom stereocenters. The second-order valence-corrected chi connectivity index (χ2v) is 12.2. The van der Waals surface area contributed by atoms with Gasteiger partial charge in [0.15, 0.2) is 0 Å². The minimum Gasteiger partial charge on any atom is -0.477 e. The molecule has 4 aliphatic rings. The fourth-order valence-corrected chi connectivity index (χ4v) is 7.52. The Balaban J connectivity index is 1.21. The maximum Gasteiger partial charge on any atom is 0.470 e. The number of nitrogens with zero attached hydrogens (tertiary/aromatic N) is 4. The summed E-state index contributed by atoms with van der Waals surface area (Å²) in [4.78, 5) is 54.2. The molecule has 0 bridgehead atoms. The molecule has 3 saturated heterocycles. The van der Waals surface area contributed by atoms with Gasteiger partial charge < -0.3 is 35.7 Å². The molecule has 5 rings (SSSR count). The van der Waals surface area contributed by atoms with E-state index in [1.165, 1.54) is 16.7 Å². The molecule has 0 aliphatic carbocycles. The van der Waals surface area contributed by atoms with Gasteiger partial charge in [0.25, 0.3) is 0 Å².